The van der Waals surface area contributed by atoms with E-state index in [1.807, 2.05) is 46.4 Å². The number of rotatable bonds is 12. The van der Waals surface area contributed by atoms with Gasteiger partial charge >= 0.3 is 30.1 Å². The van der Waals surface area contributed by atoms with Gasteiger partial charge in [0.2, 0.25) is 5.91 Å². The molecule has 3 amide bonds. The van der Waals surface area contributed by atoms with E-state index in [0.29, 0.717) is 56.0 Å². The quantitative estimate of drug-likeness (QED) is 0.152. The summed E-state index contributed by atoms with van der Waals surface area (Å²) in [5.74, 6) is 0.248. The molecule has 0 radical (unpaired) electrons. The Labute approximate surface area is 471 Å². The standard InChI is InChI=1S/C32H46N2O5.C18H23NO2.C14H25NO4/c1-20(2)16-27-26-17-23-10-8-9-11-24(23)25(26)18-28(30(36)38-7)34(27)29(35)22-14-12-21(13-15-22)19-33(6)31(37)39-32(3,4)5;1-11(2)8-16-15-9-12-6-4-5-7-13(12)14(15)10-17(19-16)18(20)21-3;1-14(2,3)19-13(18)15(4)9-10-5-7-11(8-6-10)12(16)17/h8-11,20-22,27-28H,12-19H2,1-7H3;4-7,11,16-17,19H,8-10H2,1-3H3;10-11H,5-9H2,1-4H3,(H,16,17). The largest absolute Gasteiger partial charge is 0.481 e. The summed E-state index contributed by atoms with van der Waals surface area (Å²) in [4.78, 5) is 79.6. The van der Waals surface area contributed by atoms with Crippen LogP contribution in [0.2, 0.25) is 0 Å². The number of amides is 3. The molecule has 2 saturated carbocycles. The summed E-state index contributed by atoms with van der Waals surface area (Å²) >= 11 is 0. The molecule has 436 valence electrons. The number of ether oxygens (including phenoxy) is 4. The summed E-state index contributed by atoms with van der Waals surface area (Å²) in [6.07, 6.45) is 10.8. The number of hydrogen-bond donors (Lipinski definition) is 2. The Morgan fingerprint density at radius 1 is 0.620 bits per heavy atom. The van der Waals surface area contributed by atoms with Gasteiger partial charge in [0.05, 0.1) is 26.2 Å². The molecule has 8 rings (SSSR count). The monoisotopic (exact) mass is 1090 g/mol. The molecule has 2 fully saturated rings. The fraction of sp³-hybridized carbons (Fsp3) is 0.656. The molecule has 2 N–H and O–H groups in total. The Hall–Kier alpha value is -5.70. The second-order valence-corrected chi connectivity index (χ2v) is 25.9. The summed E-state index contributed by atoms with van der Waals surface area (Å²) in [6.45, 7) is 21.2. The van der Waals surface area contributed by atoms with E-state index < -0.39 is 23.2 Å². The molecule has 4 aliphatic carbocycles. The second-order valence-electron chi connectivity index (χ2n) is 25.9. The van der Waals surface area contributed by atoms with Crippen LogP contribution < -0.4 is 5.32 Å². The normalized spacial score (nSPS) is 24.3. The van der Waals surface area contributed by atoms with E-state index in [1.54, 1.807) is 23.9 Å². The molecule has 15 heteroatoms. The van der Waals surface area contributed by atoms with Crippen LogP contribution in [0.5, 0.6) is 0 Å². The number of carbonyl (C=O) groups is 6. The second kappa shape index (κ2) is 27.2. The van der Waals surface area contributed by atoms with Crippen molar-refractivity contribution in [2.24, 2.45) is 35.5 Å². The number of esters is 2. The van der Waals surface area contributed by atoms with Crippen LogP contribution >= 0.6 is 0 Å². The number of carboxylic acids is 1. The molecule has 2 aliphatic heterocycles. The zero-order chi connectivity index (χ0) is 58.1. The van der Waals surface area contributed by atoms with Gasteiger partial charge in [-0.1, -0.05) is 76.2 Å². The smallest absolute Gasteiger partial charge is 0.410 e. The molecule has 0 aromatic heterocycles. The predicted octanol–water partition coefficient (Wildman–Crippen LogP) is 11.5. The van der Waals surface area contributed by atoms with Crippen LogP contribution in [0.1, 0.15) is 169 Å². The molecular weight excluding hydrogens is 1000 g/mol. The van der Waals surface area contributed by atoms with Crippen molar-refractivity contribution in [1.29, 1.82) is 0 Å². The lowest BCUT2D eigenvalue weighted by Gasteiger charge is -2.45. The number of hydrogen-bond acceptors (Lipinski definition) is 11. The fourth-order valence-corrected chi connectivity index (χ4v) is 12.6. The van der Waals surface area contributed by atoms with Gasteiger partial charge in [-0.25, -0.2) is 14.4 Å². The minimum Gasteiger partial charge on any atom is -0.481 e. The zero-order valence-electron chi connectivity index (χ0n) is 50.1. The van der Waals surface area contributed by atoms with Crippen LogP contribution in [0.15, 0.2) is 59.7 Å². The first kappa shape index (κ1) is 62.5. The van der Waals surface area contributed by atoms with E-state index in [4.69, 9.17) is 24.1 Å². The Balaban J connectivity index is 0.000000212. The highest BCUT2D eigenvalue weighted by atomic mass is 16.6. The number of carbonyl (C=O) groups excluding carboxylic acids is 5. The lowest BCUT2D eigenvalue weighted by molar-refractivity contribution is -0.157. The third-order valence-corrected chi connectivity index (χ3v) is 16.4. The maximum absolute atomic E-state index is 14.2. The van der Waals surface area contributed by atoms with E-state index in [-0.39, 0.29) is 60.0 Å². The number of fused-ring (bicyclic) bond motifs is 4. The first-order chi connectivity index (χ1) is 37.2. The number of carboxylic acid groups (broad SMARTS) is 1. The van der Waals surface area contributed by atoms with Gasteiger partial charge in [0.15, 0.2) is 0 Å². The summed E-state index contributed by atoms with van der Waals surface area (Å²) < 4.78 is 21.0. The SMILES string of the molecule is CN(CC1CCC(C(=O)O)CC1)C(=O)OC(C)(C)C.COC(=O)C1CC2=C(Cc3ccccc32)C(CC(C)C)N1.COC(=O)C1CC2=C(Cc3ccccc32)C(CC(C)C)N1C(=O)C1CCC(CN(C)C(=O)OC(C)(C)C)CC1. The molecule has 0 spiro atoms. The van der Waals surface area contributed by atoms with Crippen molar-refractivity contribution >= 4 is 47.1 Å². The van der Waals surface area contributed by atoms with Crippen LogP contribution in [-0.2, 0) is 51.0 Å². The van der Waals surface area contributed by atoms with Gasteiger partial charge in [0.1, 0.15) is 23.3 Å². The van der Waals surface area contributed by atoms with Gasteiger partial charge in [0, 0.05) is 45.6 Å². The highest BCUT2D eigenvalue weighted by molar-refractivity contribution is 5.92. The fourth-order valence-electron chi connectivity index (χ4n) is 12.6. The summed E-state index contributed by atoms with van der Waals surface area (Å²) in [6, 6.07) is 16.3. The lowest BCUT2D eigenvalue weighted by atomic mass is 9.78. The van der Waals surface area contributed by atoms with E-state index in [1.165, 1.54) is 58.8 Å². The summed E-state index contributed by atoms with van der Waals surface area (Å²) in [5.41, 5.74) is 9.58. The highest BCUT2D eigenvalue weighted by Crippen LogP contribution is 2.47. The van der Waals surface area contributed by atoms with Crippen molar-refractivity contribution < 1.29 is 52.8 Å². The van der Waals surface area contributed by atoms with Crippen molar-refractivity contribution in [1.82, 2.24) is 20.0 Å². The molecule has 0 saturated heterocycles. The molecule has 15 nitrogen and oxygen atoms in total. The molecule has 4 atom stereocenters. The number of methoxy groups -OCH3 is 2. The van der Waals surface area contributed by atoms with Crippen LogP contribution in [0.3, 0.4) is 0 Å². The van der Waals surface area contributed by atoms with Crippen LogP contribution in [0.4, 0.5) is 9.59 Å². The van der Waals surface area contributed by atoms with Crippen molar-refractivity contribution in [2.45, 2.75) is 194 Å². The average molecular weight is 1100 g/mol. The minimum atomic E-state index is -0.695. The zero-order valence-corrected chi connectivity index (χ0v) is 50.1. The maximum Gasteiger partial charge on any atom is 0.410 e. The molecule has 4 unspecified atom stereocenters. The molecule has 79 heavy (non-hydrogen) atoms. The lowest BCUT2D eigenvalue weighted by Crippen LogP contribution is -2.56. The van der Waals surface area contributed by atoms with Gasteiger partial charge in [-0.3, -0.25) is 19.7 Å². The number of nitrogens with one attached hydrogen (secondary N) is 1. The predicted molar refractivity (Wildman–Crippen MR) is 308 cm³/mol. The van der Waals surface area contributed by atoms with Crippen LogP contribution in [0, 0.1) is 35.5 Å². The Bertz CT molecular complexity index is 2540. The van der Waals surface area contributed by atoms with Gasteiger partial charge in [-0.05, 0) is 193 Å². The Morgan fingerprint density at radius 2 is 1.06 bits per heavy atom. The van der Waals surface area contributed by atoms with Crippen molar-refractivity contribution in [3.05, 3.63) is 81.9 Å². The summed E-state index contributed by atoms with van der Waals surface area (Å²) in [7, 11) is 6.40. The van der Waals surface area contributed by atoms with Gasteiger partial charge in [0.25, 0.3) is 0 Å². The van der Waals surface area contributed by atoms with Crippen molar-refractivity contribution in [3.8, 4) is 0 Å². The number of aliphatic carboxylic acids is 1. The molecule has 6 aliphatic rings. The molecular formula is C64H94N4O11. The van der Waals surface area contributed by atoms with Crippen LogP contribution in [0.25, 0.3) is 11.1 Å². The average Bonchev–Trinajstić information content (AvgIpc) is 3.99. The maximum atomic E-state index is 14.2. The van der Waals surface area contributed by atoms with Gasteiger partial charge in [-0.15, -0.1) is 0 Å². The molecule has 2 heterocycles. The third-order valence-electron chi connectivity index (χ3n) is 16.4. The Morgan fingerprint density at radius 3 is 1.51 bits per heavy atom. The van der Waals surface area contributed by atoms with Gasteiger partial charge in [-0.2, -0.15) is 0 Å². The number of benzene rings is 2. The third kappa shape index (κ3) is 16.7. The van der Waals surface area contributed by atoms with E-state index >= 15 is 0 Å². The first-order valence-electron chi connectivity index (χ1n) is 29.1. The highest BCUT2D eigenvalue weighted by Gasteiger charge is 2.47. The molecule has 0 bridgehead atoms. The number of nitrogens with zero attached hydrogens (tertiary/aromatic N) is 3. The first-order valence-corrected chi connectivity index (χ1v) is 29.1. The van der Waals surface area contributed by atoms with Crippen molar-refractivity contribution in [3.63, 3.8) is 0 Å². The van der Waals surface area contributed by atoms with Crippen LogP contribution in [-0.4, -0.2) is 133 Å². The van der Waals surface area contributed by atoms with E-state index in [0.717, 1.165) is 70.6 Å². The minimum absolute atomic E-state index is 0.0810. The molecule has 2 aromatic carbocycles. The topological polar surface area (TPSA) is 181 Å². The summed E-state index contributed by atoms with van der Waals surface area (Å²) in [5, 5.41) is 12.4. The van der Waals surface area contributed by atoms with E-state index in [2.05, 4.69) is 81.5 Å². The molecule has 2 aromatic rings. The Kier molecular flexibility index (Phi) is 21.5. The van der Waals surface area contributed by atoms with Crippen molar-refractivity contribution in [2.75, 3.05) is 41.4 Å². The van der Waals surface area contributed by atoms with Gasteiger partial charge < -0.3 is 38.8 Å². The van der Waals surface area contributed by atoms with E-state index in [9.17, 15) is 28.8 Å².